The molecule has 0 spiro atoms. The minimum atomic E-state index is -5.00. The zero-order valence-corrected chi connectivity index (χ0v) is 18.7. The van der Waals surface area contributed by atoms with Crippen LogP contribution < -0.4 is 9.47 Å². The van der Waals surface area contributed by atoms with Gasteiger partial charge in [0, 0.05) is 19.6 Å². The van der Waals surface area contributed by atoms with E-state index in [0.29, 0.717) is 6.54 Å². The van der Waals surface area contributed by atoms with E-state index < -0.39 is 42.5 Å². The third kappa shape index (κ3) is 7.64. The summed E-state index contributed by atoms with van der Waals surface area (Å²) in [6.45, 7) is 0.150. The Bertz CT molecular complexity index is 1050. The number of ether oxygens (including phenoxy) is 3. The van der Waals surface area contributed by atoms with Crippen LogP contribution in [0.4, 0.5) is 26.3 Å². The van der Waals surface area contributed by atoms with E-state index in [4.69, 9.17) is 26.2 Å². The fourth-order valence-corrected chi connectivity index (χ4v) is 3.77. The second kappa shape index (κ2) is 10.9. The van der Waals surface area contributed by atoms with Crippen LogP contribution in [0.1, 0.15) is 29.2 Å². The average Bonchev–Trinajstić information content (AvgIpc) is 2.76. The highest BCUT2D eigenvalue weighted by Crippen LogP contribution is 2.39. The van der Waals surface area contributed by atoms with Crippen molar-refractivity contribution in [3.8, 4) is 11.5 Å². The number of morpholine rings is 1. The van der Waals surface area contributed by atoms with Crippen molar-refractivity contribution >= 4 is 17.6 Å². The van der Waals surface area contributed by atoms with E-state index in [1.165, 1.54) is 24.3 Å². The highest BCUT2D eigenvalue weighted by molar-refractivity contribution is 6.31. The fraction of sp³-hybridized carbons (Fsp3) is 0.409. The molecule has 0 radical (unpaired) electrons. The van der Waals surface area contributed by atoms with Gasteiger partial charge in [-0.3, -0.25) is 9.69 Å². The zero-order chi connectivity index (χ0) is 25.8. The van der Waals surface area contributed by atoms with Gasteiger partial charge in [-0.05, 0) is 29.8 Å². The summed E-state index contributed by atoms with van der Waals surface area (Å²) in [5.74, 6) is -1.90. The average molecular weight is 528 g/mol. The topological polar surface area (TPSA) is 68.2 Å². The molecule has 1 aliphatic heterocycles. The lowest BCUT2D eigenvalue weighted by atomic mass is 10.00. The van der Waals surface area contributed by atoms with Gasteiger partial charge >= 0.3 is 18.5 Å². The van der Waals surface area contributed by atoms with Crippen LogP contribution in [0.2, 0.25) is 5.02 Å². The SMILES string of the molecule is O=C(O)CCN1CCOC(c2ccc(OCc3c(Cl)cccc3OC(F)(F)F)cc2C(F)(F)F)C1. The molecule has 3 rings (SSSR count). The zero-order valence-electron chi connectivity index (χ0n) is 18.0. The van der Waals surface area contributed by atoms with Crippen molar-refractivity contribution in [3.05, 3.63) is 58.1 Å². The maximum absolute atomic E-state index is 13.8. The van der Waals surface area contributed by atoms with Gasteiger partial charge in [0.1, 0.15) is 18.1 Å². The number of nitrogens with zero attached hydrogens (tertiary/aromatic N) is 1. The molecule has 1 atom stereocenters. The van der Waals surface area contributed by atoms with Crippen LogP contribution in [0, 0.1) is 0 Å². The predicted octanol–water partition coefficient (Wildman–Crippen LogP) is 5.68. The Kier molecular flexibility index (Phi) is 8.39. The number of alkyl halides is 6. The minimum Gasteiger partial charge on any atom is -0.489 e. The Morgan fingerprint density at radius 1 is 1.17 bits per heavy atom. The summed E-state index contributed by atoms with van der Waals surface area (Å²) in [4.78, 5) is 12.5. The molecule has 1 N–H and O–H groups in total. The molecule has 1 aliphatic rings. The van der Waals surface area contributed by atoms with E-state index in [1.54, 1.807) is 4.90 Å². The maximum Gasteiger partial charge on any atom is 0.573 e. The van der Waals surface area contributed by atoms with Gasteiger partial charge in [0.25, 0.3) is 0 Å². The summed E-state index contributed by atoms with van der Waals surface area (Å²) in [5, 5.41) is 8.72. The number of carbonyl (C=O) groups is 1. The van der Waals surface area contributed by atoms with E-state index in [9.17, 15) is 31.1 Å². The molecule has 2 aromatic carbocycles. The van der Waals surface area contributed by atoms with Gasteiger partial charge in [-0.25, -0.2) is 0 Å². The van der Waals surface area contributed by atoms with Crippen LogP contribution in [-0.4, -0.2) is 48.6 Å². The molecule has 192 valence electrons. The summed E-state index contributed by atoms with van der Waals surface area (Å²) >= 11 is 5.95. The van der Waals surface area contributed by atoms with Crippen LogP contribution in [0.25, 0.3) is 0 Å². The summed E-state index contributed by atoms with van der Waals surface area (Å²) < 4.78 is 94.3. The number of carboxylic acids is 1. The van der Waals surface area contributed by atoms with E-state index >= 15 is 0 Å². The first kappa shape index (κ1) is 26.9. The molecule has 1 heterocycles. The smallest absolute Gasteiger partial charge is 0.489 e. The highest BCUT2D eigenvalue weighted by Gasteiger charge is 2.37. The molecule has 0 amide bonds. The van der Waals surface area contributed by atoms with Gasteiger partial charge in [-0.1, -0.05) is 23.7 Å². The maximum atomic E-state index is 13.8. The summed E-state index contributed by atoms with van der Waals surface area (Å²) in [5.41, 5.74) is -1.39. The lowest BCUT2D eigenvalue weighted by Crippen LogP contribution is -2.40. The molecule has 35 heavy (non-hydrogen) atoms. The van der Waals surface area contributed by atoms with Gasteiger partial charge in [0.05, 0.1) is 35.3 Å². The third-order valence-corrected chi connectivity index (χ3v) is 5.51. The minimum absolute atomic E-state index is 0.0638. The first-order chi connectivity index (χ1) is 16.3. The van der Waals surface area contributed by atoms with Crippen LogP contribution in [0.3, 0.4) is 0 Å². The van der Waals surface area contributed by atoms with Gasteiger partial charge in [-0.2, -0.15) is 13.2 Å². The molecule has 13 heteroatoms. The predicted molar refractivity (Wildman–Crippen MR) is 111 cm³/mol. The lowest BCUT2D eigenvalue weighted by Gasteiger charge is -2.34. The monoisotopic (exact) mass is 527 g/mol. The molecule has 6 nitrogen and oxygen atoms in total. The highest BCUT2D eigenvalue weighted by atomic mass is 35.5. The molecule has 0 saturated carbocycles. The van der Waals surface area contributed by atoms with Crippen molar-refractivity contribution in [1.29, 1.82) is 0 Å². The number of aliphatic carboxylic acids is 1. The second-order valence-corrected chi connectivity index (χ2v) is 8.01. The molecular formula is C22H20ClF6NO5. The Hall–Kier alpha value is -2.70. The second-order valence-electron chi connectivity index (χ2n) is 7.60. The molecule has 1 saturated heterocycles. The van der Waals surface area contributed by atoms with Crippen molar-refractivity contribution in [2.45, 2.75) is 31.7 Å². The fourth-order valence-electron chi connectivity index (χ4n) is 3.55. The summed E-state index contributed by atoms with van der Waals surface area (Å²) in [7, 11) is 0. The standard InChI is InChI=1S/C22H20ClF6NO5/c23-17-2-1-3-18(35-22(27,28)29)15(17)12-34-13-4-5-14(16(10-13)21(24,25)26)19-11-30(8-9-33-19)7-6-20(31)32/h1-5,10,19H,6-9,11-12H2,(H,31,32). The van der Waals surface area contributed by atoms with Crippen molar-refractivity contribution < 1.29 is 50.5 Å². The van der Waals surface area contributed by atoms with Crippen molar-refractivity contribution in [2.24, 2.45) is 0 Å². The first-order valence-electron chi connectivity index (χ1n) is 10.3. The van der Waals surface area contributed by atoms with Gasteiger partial charge in [-0.15, -0.1) is 13.2 Å². The first-order valence-corrected chi connectivity index (χ1v) is 10.6. The van der Waals surface area contributed by atoms with Crippen LogP contribution in [-0.2, 0) is 22.3 Å². The number of benzene rings is 2. The normalized spacial score (nSPS) is 17.3. The molecular weight excluding hydrogens is 508 g/mol. The lowest BCUT2D eigenvalue weighted by molar-refractivity contribution is -0.275. The molecule has 2 aromatic rings. The number of hydrogen-bond donors (Lipinski definition) is 1. The number of carboxylic acid groups (broad SMARTS) is 1. The Morgan fingerprint density at radius 3 is 2.57 bits per heavy atom. The van der Waals surface area contributed by atoms with Gasteiger partial charge in [0.2, 0.25) is 0 Å². The van der Waals surface area contributed by atoms with Crippen LogP contribution in [0.15, 0.2) is 36.4 Å². The van der Waals surface area contributed by atoms with Crippen molar-refractivity contribution in [2.75, 3.05) is 26.2 Å². The summed E-state index contributed by atoms with van der Waals surface area (Å²) in [6, 6.07) is 6.68. The van der Waals surface area contributed by atoms with E-state index in [2.05, 4.69) is 4.74 Å². The summed E-state index contributed by atoms with van der Waals surface area (Å²) in [6.07, 6.45) is -10.9. The van der Waals surface area contributed by atoms with E-state index in [1.807, 2.05) is 0 Å². The van der Waals surface area contributed by atoms with E-state index in [-0.39, 0.29) is 48.0 Å². The molecule has 0 aromatic heterocycles. The van der Waals surface area contributed by atoms with Crippen molar-refractivity contribution in [3.63, 3.8) is 0 Å². The van der Waals surface area contributed by atoms with Crippen molar-refractivity contribution in [1.82, 2.24) is 4.90 Å². The largest absolute Gasteiger partial charge is 0.573 e. The number of hydrogen-bond acceptors (Lipinski definition) is 5. The molecule has 0 aliphatic carbocycles. The molecule has 1 fully saturated rings. The van der Waals surface area contributed by atoms with Gasteiger partial charge in [0.15, 0.2) is 0 Å². The Balaban J connectivity index is 1.81. The van der Waals surface area contributed by atoms with E-state index in [0.717, 1.165) is 12.1 Å². The Labute approximate surface area is 200 Å². The number of halogens is 7. The third-order valence-electron chi connectivity index (χ3n) is 5.15. The Morgan fingerprint density at radius 2 is 1.91 bits per heavy atom. The van der Waals surface area contributed by atoms with Gasteiger partial charge < -0.3 is 19.3 Å². The molecule has 0 bridgehead atoms. The number of rotatable bonds is 8. The molecule has 1 unspecified atom stereocenters. The van der Waals surface area contributed by atoms with Crippen LogP contribution in [0.5, 0.6) is 11.5 Å². The quantitative estimate of drug-likeness (QED) is 0.445. The van der Waals surface area contributed by atoms with Crippen LogP contribution >= 0.6 is 11.6 Å².